The minimum absolute atomic E-state index is 0.0235. The highest BCUT2D eigenvalue weighted by Gasteiger charge is 2.17. The van der Waals surface area contributed by atoms with E-state index in [-0.39, 0.29) is 5.92 Å². The lowest BCUT2D eigenvalue weighted by molar-refractivity contribution is 0.824. The highest BCUT2D eigenvalue weighted by Crippen LogP contribution is 2.37. The zero-order valence-electron chi connectivity index (χ0n) is 9.53. The summed E-state index contributed by atoms with van der Waals surface area (Å²) in [7, 11) is 0. The molecule has 2 heterocycles. The van der Waals surface area contributed by atoms with Gasteiger partial charge in [-0.2, -0.15) is 5.26 Å². The Morgan fingerprint density at radius 1 is 1.59 bits per heavy atom. The molecule has 17 heavy (non-hydrogen) atoms. The van der Waals surface area contributed by atoms with Crippen LogP contribution in [0.25, 0.3) is 9.88 Å². The van der Waals surface area contributed by atoms with Gasteiger partial charge in [0.1, 0.15) is 5.01 Å². The fourth-order valence-electron chi connectivity index (χ4n) is 1.60. The predicted octanol–water partition coefficient (Wildman–Crippen LogP) is 4.96. The van der Waals surface area contributed by atoms with Crippen LogP contribution in [0.4, 0.5) is 0 Å². The number of hydrogen-bond acceptors (Lipinski definition) is 4. The summed E-state index contributed by atoms with van der Waals surface area (Å²) >= 11 is 6.75. The summed E-state index contributed by atoms with van der Waals surface area (Å²) in [6.07, 6.45) is 0.840. The first-order valence-corrected chi connectivity index (χ1v) is 7.76. The van der Waals surface area contributed by atoms with Crippen molar-refractivity contribution in [1.82, 2.24) is 4.98 Å². The van der Waals surface area contributed by atoms with Crippen molar-refractivity contribution < 1.29 is 0 Å². The molecule has 88 valence electrons. The van der Waals surface area contributed by atoms with E-state index in [4.69, 9.17) is 5.26 Å². The van der Waals surface area contributed by atoms with E-state index >= 15 is 0 Å². The number of nitrogens with zero attached hydrogens (tertiary/aromatic N) is 2. The topological polar surface area (TPSA) is 36.7 Å². The third-order valence-electron chi connectivity index (χ3n) is 2.49. The number of halogens is 1. The largest absolute Gasteiger partial charge is 0.240 e. The van der Waals surface area contributed by atoms with E-state index < -0.39 is 0 Å². The van der Waals surface area contributed by atoms with Crippen LogP contribution in [0, 0.1) is 18.3 Å². The van der Waals surface area contributed by atoms with E-state index in [1.54, 1.807) is 22.7 Å². The molecule has 0 aromatic carbocycles. The number of nitriles is 1. The van der Waals surface area contributed by atoms with Crippen LogP contribution < -0.4 is 0 Å². The first kappa shape index (κ1) is 12.7. The van der Waals surface area contributed by atoms with Gasteiger partial charge in [-0.3, -0.25) is 0 Å². The molecule has 0 fully saturated rings. The summed E-state index contributed by atoms with van der Waals surface area (Å²) in [4.78, 5) is 6.83. The number of aromatic nitrogens is 1. The SMILES string of the molecule is CCC(C#N)c1sc(-c2cc(Br)cs2)nc1C. The van der Waals surface area contributed by atoms with E-state index in [1.165, 1.54) is 0 Å². The van der Waals surface area contributed by atoms with E-state index in [1.807, 2.05) is 19.2 Å². The minimum Gasteiger partial charge on any atom is -0.240 e. The molecule has 0 saturated heterocycles. The second-order valence-electron chi connectivity index (χ2n) is 3.69. The van der Waals surface area contributed by atoms with Gasteiger partial charge in [-0.1, -0.05) is 6.92 Å². The lowest BCUT2D eigenvalue weighted by atomic mass is 10.1. The van der Waals surface area contributed by atoms with Crippen molar-refractivity contribution in [1.29, 1.82) is 5.26 Å². The van der Waals surface area contributed by atoms with E-state index in [9.17, 15) is 0 Å². The van der Waals surface area contributed by atoms with Gasteiger partial charge >= 0.3 is 0 Å². The van der Waals surface area contributed by atoms with Crippen LogP contribution in [-0.2, 0) is 0 Å². The maximum absolute atomic E-state index is 9.11. The molecule has 0 saturated carbocycles. The molecular formula is C12H11BrN2S2. The van der Waals surface area contributed by atoms with Crippen LogP contribution in [0.5, 0.6) is 0 Å². The highest BCUT2D eigenvalue weighted by molar-refractivity contribution is 9.10. The smallest absolute Gasteiger partial charge is 0.133 e. The molecular weight excluding hydrogens is 316 g/mol. The van der Waals surface area contributed by atoms with Crippen molar-refractivity contribution in [3.8, 4) is 16.0 Å². The molecule has 0 radical (unpaired) electrons. The van der Waals surface area contributed by atoms with Crippen molar-refractivity contribution in [2.45, 2.75) is 26.2 Å². The fraction of sp³-hybridized carbons (Fsp3) is 0.333. The maximum atomic E-state index is 9.11. The van der Waals surface area contributed by atoms with Crippen LogP contribution in [0.15, 0.2) is 15.9 Å². The number of thiazole rings is 1. The fourth-order valence-corrected chi connectivity index (χ4v) is 4.28. The Kier molecular flexibility index (Phi) is 3.97. The van der Waals surface area contributed by atoms with Crippen molar-refractivity contribution >= 4 is 38.6 Å². The number of hydrogen-bond donors (Lipinski definition) is 0. The first-order chi connectivity index (χ1) is 8.15. The number of aryl methyl sites for hydroxylation is 1. The van der Waals surface area contributed by atoms with Gasteiger partial charge < -0.3 is 0 Å². The maximum Gasteiger partial charge on any atom is 0.133 e. The lowest BCUT2D eigenvalue weighted by Gasteiger charge is -2.01. The van der Waals surface area contributed by atoms with Gasteiger partial charge in [-0.15, -0.1) is 22.7 Å². The zero-order valence-corrected chi connectivity index (χ0v) is 12.7. The van der Waals surface area contributed by atoms with E-state index in [0.29, 0.717) is 0 Å². The molecule has 2 nitrogen and oxygen atoms in total. The van der Waals surface area contributed by atoms with Crippen LogP contribution in [0.1, 0.15) is 29.8 Å². The van der Waals surface area contributed by atoms with Crippen molar-refractivity contribution in [3.05, 3.63) is 26.5 Å². The molecule has 0 N–H and O–H groups in total. The molecule has 1 atom stereocenters. The average molecular weight is 327 g/mol. The van der Waals surface area contributed by atoms with Gasteiger partial charge in [0.2, 0.25) is 0 Å². The molecule has 2 aromatic heterocycles. The molecule has 1 unspecified atom stereocenters. The van der Waals surface area contributed by atoms with Crippen molar-refractivity contribution in [3.63, 3.8) is 0 Å². The third kappa shape index (κ3) is 2.59. The molecule has 2 rings (SSSR count). The van der Waals surface area contributed by atoms with Crippen molar-refractivity contribution in [2.75, 3.05) is 0 Å². The second kappa shape index (κ2) is 5.30. The zero-order chi connectivity index (χ0) is 12.4. The Labute approximate surface area is 117 Å². The van der Waals surface area contributed by atoms with Crippen LogP contribution >= 0.6 is 38.6 Å². The Hall–Kier alpha value is -0.700. The standard InChI is InChI=1S/C12H11BrN2S2/c1-3-8(5-14)11-7(2)15-12(17-11)10-4-9(13)6-16-10/h4,6,8H,3H2,1-2H3. The van der Waals surface area contributed by atoms with Gasteiger partial charge in [-0.25, -0.2) is 4.98 Å². The molecule has 5 heteroatoms. The van der Waals surface area contributed by atoms with Crippen LogP contribution in [0.3, 0.4) is 0 Å². The average Bonchev–Trinajstić information content (AvgIpc) is 2.88. The molecule has 0 spiro atoms. The van der Waals surface area contributed by atoms with Gasteiger partial charge in [0, 0.05) is 14.7 Å². The number of rotatable bonds is 3. The molecule has 0 amide bonds. The molecule has 0 aliphatic rings. The number of thiophene rings is 1. The molecule has 0 aliphatic carbocycles. The van der Waals surface area contributed by atoms with Gasteiger partial charge in [0.05, 0.1) is 22.6 Å². The monoisotopic (exact) mass is 326 g/mol. The molecule has 2 aromatic rings. The molecule has 0 bridgehead atoms. The van der Waals surface area contributed by atoms with Gasteiger partial charge in [0.25, 0.3) is 0 Å². The Morgan fingerprint density at radius 3 is 2.88 bits per heavy atom. The summed E-state index contributed by atoms with van der Waals surface area (Å²) < 4.78 is 1.08. The first-order valence-electron chi connectivity index (χ1n) is 5.27. The summed E-state index contributed by atoms with van der Waals surface area (Å²) in [5.74, 6) is -0.0235. The quantitative estimate of drug-likeness (QED) is 0.799. The normalized spacial score (nSPS) is 12.4. The van der Waals surface area contributed by atoms with Crippen LogP contribution in [0.2, 0.25) is 0 Å². The predicted molar refractivity (Wildman–Crippen MR) is 76.5 cm³/mol. The third-order valence-corrected chi connectivity index (χ3v) is 5.62. The second-order valence-corrected chi connectivity index (χ2v) is 6.55. The summed E-state index contributed by atoms with van der Waals surface area (Å²) in [6.45, 7) is 4.02. The summed E-state index contributed by atoms with van der Waals surface area (Å²) in [5.41, 5.74) is 0.989. The Balaban J connectivity index is 2.40. The minimum atomic E-state index is -0.0235. The Bertz CT molecular complexity index is 565. The Morgan fingerprint density at radius 2 is 2.35 bits per heavy atom. The highest BCUT2D eigenvalue weighted by atomic mass is 79.9. The summed E-state index contributed by atoms with van der Waals surface area (Å²) in [5, 5.41) is 12.2. The van der Waals surface area contributed by atoms with Crippen LogP contribution in [-0.4, -0.2) is 4.98 Å². The summed E-state index contributed by atoms with van der Waals surface area (Å²) in [6, 6.07) is 4.41. The van der Waals surface area contributed by atoms with Gasteiger partial charge in [-0.05, 0) is 35.3 Å². The lowest BCUT2D eigenvalue weighted by Crippen LogP contribution is -1.92. The van der Waals surface area contributed by atoms with E-state index in [0.717, 1.165) is 31.3 Å². The van der Waals surface area contributed by atoms with Gasteiger partial charge in [0.15, 0.2) is 0 Å². The van der Waals surface area contributed by atoms with E-state index in [2.05, 4.69) is 33.0 Å². The molecule has 0 aliphatic heterocycles. The van der Waals surface area contributed by atoms with Crippen molar-refractivity contribution in [2.24, 2.45) is 0 Å².